The Balaban J connectivity index is 1.40. The zero-order valence-electron chi connectivity index (χ0n) is 16.7. The summed E-state index contributed by atoms with van der Waals surface area (Å²) in [6.45, 7) is 0.870. The highest BCUT2D eigenvalue weighted by Gasteiger charge is 2.47. The monoisotopic (exact) mass is 476 g/mol. The minimum Gasteiger partial charge on any atom is -0.367 e. The Hall–Kier alpha value is -2.42. The lowest BCUT2D eigenvalue weighted by Crippen LogP contribution is -2.49. The summed E-state index contributed by atoms with van der Waals surface area (Å²) >= 11 is 5.90. The van der Waals surface area contributed by atoms with Gasteiger partial charge in [-0.2, -0.15) is 26.3 Å². The lowest BCUT2D eigenvalue weighted by Gasteiger charge is -2.37. The van der Waals surface area contributed by atoms with Gasteiger partial charge in [0.15, 0.2) is 0 Å². The van der Waals surface area contributed by atoms with Crippen LogP contribution in [0.5, 0.6) is 0 Å². The van der Waals surface area contributed by atoms with Crippen molar-refractivity contribution in [2.24, 2.45) is 5.92 Å². The number of anilines is 1. The molecule has 2 fully saturated rings. The normalized spacial score (nSPS) is 21.6. The second-order valence-corrected chi connectivity index (χ2v) is 8.48. The van der Waals surface area contributed by atoms with Crippen molar-refractivity contribution in [2.75, 3.05) is 31.1 Å². The van der Waals surface area contributed by atoms with Crippen LogP contribution in [0.25, 0.3) is 0 Å². The van der Waals surface area contributed by atoms with Crippen LogP contribution < -0.4 is 4.90 Å². The summed E-state index contributed by atoms with van der Waals surface area (Å²) in [6.07, 6.45) is -8.51. The van der Waals surface area contributed by atoms with E-state index in [9.17, 15) is 31.1 Å². The van der Waals surface area contributed by atoms with Crippen LogP contribution in [0.1, 0.15) is 29.0 Å². The van der Waals surface area contributed by atoms with Crippen molar-refractivity contribution in [3.05, 3.63) is 64.2 Å². The van der Waals surface area contributed by atoms with Crippen LogP contribution in [0.2, 0.25) is 5.02 Å². The predicted molar refractivity (Wildman–Crippen MR) is 108 cm³/mol. The fraction of sp³-hybridized carbons (Fsp3) is 0.409. The van der Waals surface area contributed by atoms with Crippen molar-refractivity contribution in [3.63, 3.8) is 0 Å². The first-order valence-corrected chi connectivity index (χ1v) is 10.4. The van der Waals surface area contributed by atoms with E-state index in [0.717, 1.165) is 18.2 Å². The van der Waals surface area contributed by atoms with Crippen LogP contribution in [0.3, 0.4) is 0 Å². The molecule has 1 saturated heterocycles. The number of amides is 1. The third kappa shape index (κ3) is 4.67. The molecular weight excluding hydrogens is 458 g/mol. The molecule has 0 radical (unpaired) electrons. The molecule has 172 valence electrons. The van der Waals surface area contributed by atoms with E-state index in [1.807, 2.05) is 0 Å². The maximum Gasteiger partial charge on any atom is 0.418 e. The number of alkyl halides is 6. The van der Waals surface area contributed by atoms with Crippen molar-refractivity contribution < 1.29 is 31.1 Å². The summed E-state index contributed by atoms with van der Waals surface area (Å²) in [7, 11) is 0. The summed E-state index contributed by atoms with van der Waals surface area (Å²) < 4.78 is 78.9. The molecule has 3 nitrogen and oxygen atoms in total. The average Bonchev–Trinajstić information content (AvgIpc) is 3.53. The SMILES string of the molecule is O=C(C1CC1c1cccc(C(F)(F)F)c1)N1CCN(c2cc(Cl)ccc2C(F)(F)F)CC1. The van der Waals surface area contributed by atoms with Gasteiger partial charge in [0.05, 0.1) is 16.8 Å². The van der Waals surface area contributed by atoms with Gasteiger partial charge in [0, 0.05) is 37.1 Å². The van der Waals surface area contributed by atoms with Gasteiger partial charge < -0.3 is 9.80 Å². The maximum absolute atomic E-state index is 13.4. The Morgan fingerprint density at radius 1 is 0.906 bits per heavy atom. The smallest absolute Gasteiger partial charge is 0.367 e. The van der Waals surface area contributed by atoms with Gasteiger partial charge in [0.1, 0.15) is 0 Å². The third-order valence-electron chi connectivity index (χ3n) is 5.95. The van der Waals surface area contributed by atoms with Crippen LogP contribution in [0.15, 0.2) is 42.5 Å². The van der Waals surface area contributed by atoms with Gasteiger partial charge in [-0.15, -0.1) is 0 Å². The molecule has 1 heterocycles. The lowest BCUT2D eigenvalue weighted by molar-refractivity contribution is -0.138. The molecule has 2 aliphatic rings. The predicted octanol–water partition coefficient (Wildman–Crippen LogP) is 5.83. The number of carbonyl (C=O) groups is 1. The molecule has 1 aliphatic heterocycles. The van der Waals surface area contributed by atoms with Crippen LogP contribution >= 0.6 is 11.6 Å². The fourth-order valence-electron chi connectivity index (χ4n) is 4.19. The molecule has 0 N–H and O–H groups in total. The number of hydrogen-bond donors (Lipinski definition) is 0. The van der Waals surface area contributed by atoms with E-state index < -0.39 is 29.4 Å². The van der Waals surface area contributed by atoms with E-state index in [0.29, 0.717) is 12.0 Å². The molecule has 0 bridgehead atoms. The zero-order chi connectivity index (χ0) is 23.3. The summed E-state index contributed by atoms with van der Waals surface area (Å²) in [5, 5.41) is 0.188. The highest BCUT2D eigenvalue weighted by atomic mass is 35.5. The van der Waals surface area contributed by atoms with Gasteiger partial charge in [-0.05, 0) is 42.2 Å². The van der Waals surface area contributed by atoms with Gasteiger partial charge in [0.2, 0.25) is 5.91 Å². The van der Waals surface area contributed by atoms with E-state index in [2.05, 4.69) is 0 Å². The lowest BCUT2D eigenvalue weighted by atomic mass is 10.0. The minimum atomic E-state index is -4.53. The van der Waals surface area contributed by atoms with Crippen molar-refractivity contribution in [3.8, 4) is 0 Å². The Kier molecular flexibility index (Phi) is 5.81. The number of benzene rings is 2. The molecule has 32 heavy (non-hydrogen) atoms. The molecule has 4 rings (SSSR count). The summed E-state index contributed by atoms with van der Waals surface area (Å²) in [5.41, 5.74) is -1.08. The molecule has 2 atom stereocenters. The highest BCUT2D eigenvalue weighted by Crippen LogP contribution is 2.49. The second-order valence-electron chi connectivity index (χ2n) is 8.04. The summed E-state index contributed by atoms with van der Waals surface area (Å²) in [6, 6.07) is 8.39. The van der Waals surface area contributed by atoms with E-state index in [-0.39, 0.29) is 48.7 Å². The maximum atomic E-state index is 13.4. The van der Waals surface area contributed by atoms with Gasteiger partial charge >= 0.3 is 12.4 Å². The standard InChI is InChI=1S/C22H19ClF6N2O/c23-15-4-5-18(22(27,28)29)19(11-15)30-6-8-31(9-7-30)20(32)17-12-16(17)13-2-1-3-14(10-13)21(24,25)26/h1-5,10-11,16-17H,6-9,12H2. The molecular formula is C22H19ClF6N2O. The molecule has 0 spiro atoms. The number of rotatable bonds is 3. The molecule has 2 aromatic rings. The fourth-order valence-corrected chi connectivity index (χ4v) is 4.36. The van der Waals surface area contributed by atoms with Crippen LogP contribution in [0, 0.1) is 5.92 Å². The Labute approximate surface area is 185 Å². The molecule has 2 unspecified atom stereocenters. The van der Waals surface area contributed by atoms with E-state index >= 15 is 0 Å². The first kappa shape index (κ1) is 22.8. The number of halogens is 7. The molecule has 2 aromatic carbocycles. The first-order valence-electron chi connectivity index (χ1n) is 10.0. The highest BCUT2D eigenvalue weighted by molar-refractivity contribution is 6.30. The van der Waals surface area contributed by atoms with Crippen LogP contribution in [0.4, 0.5) is 32.0 Å². The number of carbonyl (C=O) groups excluding carboxylic acids is 1. The van der Waals surface area contributed by atoms with E-state index in [1.54, 1.807) is 15.9 Å². The second kappa shape index (κ2) is 8.17. The first-order chi connectivity index (χ1) is 14.9. The summed E-state index contributed by atoms with van der Waals surface area (Å²) in [5.74, 6) is -0.844. The Bertz CT molecular complexity index is 1010. The van der Waals surface area contributed by atoms with Gasteiger partial charge in [-0.1, -0.05) is 29.8 Å². The third-order valence-corrected chi connectivity index (χ3v) is 6.18. The van der Waals surface area contributed by atoms with Crippen LogP contribution in [-0.2, 0) is 17.1 Å². The summed E-state index contributed by atoms with van der Waals surface area (Å²) in [4.78, 5) is 16.0. The Morgan fingerprint density at radius 2 is 1.59 bits per heavy atom. The average molecular weight is 477 g/mol. The Morgan fingerprint density at radius 3 is 2.22 bits per heavy atom. The largest absolute Gasteiger partial charge is 0.418 e. The minimum absolute atomic E-state index is 0.0228. The topological polar surface area (TPSA) is 23.6 Å². The van der Waals surface area contributed by atoms with Gasteiger partial charge in [0.25, 0.3) is 0 Å². The van der Waals surface area contributed by atoms with Gasteiger partial charge in [-0.25, -0.2) is 0 Å². The van der Waals surface area contributed by atoms with E-state index in [4.69, 9.17) is 11.6 Å². The molecule has 1 aliphatic carbocycles. The van der Waals surface area contributed by atoms with Crippen molar-refractivity contribution in [2.45, 2.75) is 24.7 Å². The van der Waals surface area contributed by atoms with Crippen molar-refractivity contribution >= 4 is 23.2 Å². The van der Waals surface area contributed by atoms with Crippen LogP contribution in [-0.4, -0.2) is 37.0 Å². The molecule has 0 aromatic heterocycles. The van der Waals surface area contributed by atoms with Gasteiger partial charge in [-0.3, -0.25) is 4.79 Å². The number of nitrogens with zero attached hydrogens (tertiary/aromatic N) is 2. The number of piperazine rings is 1. The number of hydrogen-bond acceptors (Lipinski definition) is 2. The van der Waals surface area contributed by atoms with Crippen molar-refractivity contribution in [1.29, 1.82) is 0 Å². The molecule has 10 heteroatoms. The zero-order valence-corrected chi connectivity index (χ0v) is 17.4. The van der Waals surface area contributed by atoms with Crippen molar-refractivity contribution in [1.82, 2.24) is 4.90 Å². The molecule has 1 saturated carbocycles. The quantitative estimate of drug-likeness (QED) is 0.520. The molecule has 1 amide bonds. The van der Waals surface area contributed by atoms with E-state index in [1.165, 1.54) is 18.2 Å².